The fourth-order valence-electron chi connectivity index (χ4n) is 6.41. The normalized spacial score (nSPS) is 16.2. The predicted molar refractivity (Wildman–Crippen MR) is 202 cm³/mol. The number of hydrogen-bond acceptors (Lipinski definition) is 9. The van der Waals surface area contributed by atoms with Crippen LogP contribution in [0, 0.1) is 0 Å². The van der Waals surface area contributed by atoms with Crippen LogP contribution in [0.15, 0.2) is 78.9 Å². The number of piperidine rings is 1. The van der Waals surface area contributed by atoms with Crippen LogP contribution < -0.4 is 16.0 Å². The first-order valence-electron chi connectivity index (χ1n) is 18.5. The molecule has 5 amide bonds. The molecule has 0 aromatic heterocycles. The molecule has 2 atom stereocenters. The van der Waals surface area contributed by atoms with Crippen molar-refractivity contribution >= 4 is 35.4 Å². The summed E-state index contributed by atoms with van der Waals surface area (Å²) in [5, 5.41) is 8.00. The van der Waals surface area contributed by atoms with E-state index in [1.165, 1.54) is 4.90 Å². The summed E-state index contributed by atoms with van der Waals surface area (Å²) in [6, 6.07) is 24.6. The molecule has 5 rings (SSSR count). The van der Waals surface area contributed by atoms with Crippen molar-refractivity contribution in [2.75, 3.05) is 38.3 Å². The number of nitrogens with one attached hydrogen (secondary N) is 3. The summed E-state index contributed by atoms with van der Waals surface area (Å²) in [5.74, 6) is -1.41. The van der Waals surface area contributed by atoms with E-state index in [0.717, 1.165) is 11.1 Å². The quantitative estimate of drug-likeness (QED) is 0.123. The summed E-state index contributed by atoms with van der Waals surface area (Å²) >= 11 is 0. The second-order valence-corrected chi connectivity index (χ2v) is 14.5. The van der Waals surface area contributed by atoms with Gasteiger partial charge < -0.3 is 29.7 Å². The number of benzene rings is 3. The van der Waals surface area contributed by atoms with E-state index in [4.69, 9.17) is 14.2 Å². The Morgan fingerprint density at radius 1 is 0.889 bits per heavy atom. The zero-order valence-electron chi connectivity index (χ0n) is 31.3. The number of nitrogens with zero attached hydrogens (tertiary/aromatic N) is 2. The largest absolute Gasteiger partial charge is 0.444 e. The SMILES string of the molecule is CC(C)(C)OC(=O)NCCCOCC(COCCC(=O)Nc1cccc2c1CN(C1CCC(=O)NC1=O)C2=O)N(Cc1ccccc1)Cc1ccccc1. The van der Waals surface area contributed by atoms with Crippen LogP contribution >= 0.6 is 0 Å². The highest BCUT2D eigenvalue weighted by Gasteiger charge is 2.40. The van der Waals surface area contributed by atoms with Gasteiger partial charge in [0.15, 0.2) is 0 Å². The highest BCUT2D eigenvalue weighted by atomic mass is 16.6. The maximum absolute atomic E-state index is 13.2. The van der Waals surface area contributed by atoms with Crippen molar-refractivity contribution in [3.05, 3.63) is 101 Å². The molecule has 0 spiro atoms. The van der Waals surface area contributed by atoms with Crippen LogP contribution in [0.25, 0.3) is 0 Å². The lowest BCUT2D eigenvalue weighted by atomic mass is 10.0. The van der Waals surface area contributed by atoms with Crippen molar-refractivity contribution in [3.63, 3.8) is 0 Å². The predicted octanol–water partition coefficient (Wildman–Crippen LogP) is 4.80. The summed E-state index contributed by atoms with van der Waals surface area (Å²) in [7, 11) is 0. The second-order valence-electron chi connectivity index (χ2n) is 14.5. The Morgan fingerprint density at radius 2 is 1.54 bits per heavy atom. The van der Waals surface area contributed by atoms with Gasteiger partial charge in [-0.1, -0.05) is 66.7 Å². The summed E-state index contributed by atoms with van der Waals surface area (Å²) < 4.78 is 17.6. The van der Waals surface area contributed by atoms with Gasteiger partial charge in [0.25, 0.3) is 5.91 Å². The minimum Gasteiger partial charge on any atom is -0.444 e. The molecule has 0 radical (unpaired) electrons. The van der Waals surface area contributed by atoms with Crippen LogP contribution in [0.4, 0.5) is 10.5 Å². The molecule has 0 aliphatic carbocycles. The number of rotatable bonds is 18. The van der Waals surface area contributed by atoms with Crippen molar-refractivity contribution < 1.29 is 38.2 Å². The van der Waals surface area contributed by atoms with E-state index in [-0.39, 0.29) is 56.2 Å². The van der Waals surface area contributed by atoms with Gasteiger partial charge in [0.2, 0.25) is 17.7 Å². The molecule has 0 saturated carbocycles. The number of imide groups is 1. The molecule has 13 nitrogen and oxygen atoms in total. The number of anilines is 1. The molecule has 288 valence electrons. The van der Waals surface area contributed by atoms with Crippen molar-refractivity contribution in [1.29, 1.82) is 0 Å². The van der Waals surface area contributed by atoms with Crippen molar-refractivity contribution in [2.24, 2.45) is 0 Å². The van der Waals surface area contributed by atoms with Crippen molar-refractivity contribution in [1.82, 2.24) is 20.4 Å². The molecule has 54 heavy (non-hydrogen) atoms. The zero-order valence-corrected chi connectivity index (χ0v) is 31.3. The van der Waals surface area contributed by atoms with Crippen LogP contribution in [0.5, 0.6) is 0 Å². The van der Waals surface area contributed by atoms with E-state index in [1.807, 2.05) is 57.2 Å². The van der Waals surface area contributed by atoms with E-state index >= 15 is 0 Å². The van der Waals surface area contributed by atoms with Gasteiger partial charge in [0.1, 0.15) is 11.6 Å². The first-order chi connectivity index (χ1) is 26.0. The Hall–Kier alpha value is -5.11. The summed E-state index contributed by atoms with van der Waals surface area (Å²) in [6.07, 6.45) is 0.639. The molecule has 0 bridgehead atoms. The van der Waals surface area contributed by atoms with Gasteiger partial charge in [-0.05, 0) is 56.9 Å². The fraction of sp³-hybridized carbons (Fsp3) is 0.439. The van der Waals surface area contributed by atoms with E-state index in [0.29, 0.717) is 62.7 Å². The van der Waals surface area contributed by atoms with Gasteiger partial charge in [-0.15, -0.1) is 0 Å². The van der Waals surface area contributed by atoms with E-state index < -0.39 is 23.6 Å². The highest BCUT2D eigenvalue weighted by Crippen LogP contribution is 2.32. The third-order valence-corrected chi connectivity index (χ3v) is 9.06. The maximum Gasteiger partial charge on any atom is 0.407 e. The van der Waals surface area contributed by atoms with Crippen LogP contribution in [0.3, 0.4) is 0 Å². The van der Waals surface area contributed by atoms with Crippen molar-refractivity contribution in [2.45, 2.75) is 83.8 Å². The molecule has 2 unspecified atom stereocenters. The Labute approximate surface area is 316 Å². The van der Waals surface area contributed by atoms with Crippen LogP contribution in [0.2, 0.25) is 0 Å². The minimum atomic E-state index is -0.742. The van der Waals surface area contributed by atoms with Gasteiger partial charge in [-0.2, -0.15) is 0 Å². The fourth-order valence-corrected chi connectivity index (χ4v) is 6.41. The molecule has 13 heteroatoms. The molecule has 1 fully saturated rings. The monoisotopic (exact) mass is 741 g/mol. The van der Waals surface area contributed by atoms with Crippen molar-refractivity contribution in [3.8, 4) is 0 Å². The lowest BCUT2D eigenvalue weighted by Crippen LogP contribution is -2.52. The first-order valence-corrected chi connectivity index (χ1v) is 18.5. The molecule has 3 aromatic carbocycles. The number of carbonyl (C=O) groups excluding carboxylic acids is 5. The Morgan fingerprint density at radius 3 is 2.17 bits per heavy atom. The Balaban J connectivity index is 1.17. The van der Waals surface area contributed by atoms with Gasteiger partial charge in [0, 0.05) is 56.0 Å². The molecule has 3 aromatic rings. The topological polar surface area (TPSA) is 156 Å². The minimum absolute atomic E-state index is 0.0791. The summed E-state index contributed by atoms with van der Waals surface area (Å²) in [5.41, 5.74) is 3.28. The summed E-state index contributed by atoms with van der Waals surface area (Å²) in [6.45, 7) is 8.58. The number of fused-ring (bicyclic) bond motifs is 1. The molecular formula is C41H51N5O8. The van der Waals surface area contributed by atoms with Crippen LogP contribution in [0.1, 0.15) is 73.5 Å². The molecular weight excluding hydrogens is 690 g/mol. The van der Waals surface area contributed by atoms with Gasteiger partial charge in [0.05, 0.1) is 32.3 Å². The number of amides is 5. The molecule has 1 saturated heterocycles. The van der Waals surface area contributed by atoms with E-state index in [1.54, 1.807) is 18.2 Å². The van der Waals surface area contributed by atoms with E-state index in [9.17, 15) is 24.0 Å². The Kier molecular flexibility index (Phi) is 14.3. The number of ether oxygens (including phenoxy) is 3. The lowest BCUT2D eigenvalue weighted by molar-refractivity contribution is -0.137. The summed E-state index contributed by atoms with van der Waals surface area (Å²) in [4.78, 5) is 66.3. The number of carbonyl (C=O) groups is 5. The van der Waals surface area contributed by atoms with E-state index in [2.05, 4.69) is 45.1 Å². The average Bonchev–Trinajstić information content (AvgIpc) is 3.47. The third kappa shape index (κ3) is 12.0. The smallest absolute Gasteiger partial charge is 0.407 e. The van der Waals surface area contributed by atoms with Gasteiger partial charge in [-0.25, -0.2) is 4.79 Å². The zero-order chi connectivity index (χ0) is 38.5. The first kappa shape index (κ1) is 40.1. The number of hydrogen-bond donors (Lipinski definition) is 3. The second kappa shape index (κ2) is 19.3. The molecule has 3 N–H and O–H groups in total. The van der Waals surface area contributed by atoms with Crippen LogP contribution in [-0.2, 0) is 48.2 Å². The Bertz CT molecular complexity index is 1710. The van der Waals surface area contributed by atoms with Gasteiger partial charge >= 0.3 is 6.09 Å². The van der Waals surface area contributed by atoms with Crippen LogP contribution in [-0.4, -0.2) is 90.2 Å². The molecule has 2 aliphatic heterocycles. The molecule has 2 heterocycles. The molecule has 2 aliphatic rings. The number of alkyl carbamates (subject to hydrolysis) is 1. The lowest BCUT2D eigenvalue weighted by Gasteiger charge is -2.32. The maximum atomic E-state index is 13.2. The van der Waals surface area contributed by atoms with Gasteiger partial charge in [-0.3, -0.25) is 29.4 Å². The average molecular weight is 742 g/mol. The third-order valence-electron chi connectivity index (χ3n) is 9.06. The highest BCUT2D eigenvalue weighted by molar-refractivity contribution is 6.06. The standard InChI is InChI=1S/C41H51N5O8/c1-41(2,3)54-40(51)42-21-11-22-52-27-31(45(24-29-12-6-4-7-13-29)25-30-14-8-5-9-15-30)28-53-23-20-37(48)43-34-17-10-16-32-33(34)26-46(39(32)50)35-18-19-36(47)44-38(35)49/h4-10,12-17,31,35H,11,18-28H2,1-3H3,(H,42,51)(H,43,48)(H,44,47,49).